The maximum atomic E-state index is 8.73. The van der Waals surface area contributed by atoms with Gasteiger partial charge in [0.2, 0.25) is 0 Å². The van der Waals surface area contributed by atoms with Gasteiger partial charge in [0.25, 0.3) is 0 Å². The number of likely N-dealkylation sites (N-methyl/N-ethyl adjacent to an activating group) is 2. The quantitative estimate of drug-likeness (QED) is 0.391. The van der Waals surface area contributed by atoms with Crippen molar-refractivity contribution in [3.63, 3.8) is 0 Å². The molecule has 154 valence electrons. The van der Waals surface area contributed by atoms with Crippen LogP contribution in [0, 0.1) is 11.8 Å². The van der Waals surface area contributed by atoms with E-state index in [1.807, 2.05) is 18.2 Å². The molecule has 0 aromatic heterocycles. The zero-order valence-corrected chi connectivity index (χ0v) is 16.9. The van der Waals surface area contributed by atoms with Crippen molar-refractivity contribution in [2.45, 2.75) is 44.4 Å². The van der Waals surface area contributed by atoms with Crippen molar-refractivity contribution in [1.29, 1.82) is 0 Å². The molecule has 2 saturated carbocycles. The van der Waals surface area contributed by atoms with Gasteiger partial charge in [0, 0.05) is 42.6 Å². The van der Waals surface area contributed by atoms with Crippen LogP contribution in [-0.2, 0) is 11.3 Å². The molecule has 4 atom stereocenters. The van der Waals surface area contributed by atoms with Crippen LogP contribution in [0.4, 0.5) is 0 Å². The molecule has 0 saturated heterocycles. The van der Waals surface area contributed by atoms with Gasteiger partial charge in [-0.3, -0.25) is 0 Å². The second-order valence-electron chi connectivity index (χ2n) is 8.01. The van der Waals surface area contributed by atoms with Gasteiger partial charge in [-0.05, 0) is 31.5 Å². The van der Waals surface area contributed by atoms with Gasteiger partial charge >= 0.3 is 0 Å². The molecule has 0 unspecified atom stereocenters. The minimum atomic E-state index is -0.0925. The number of aliphatic hydroxyl groups is 1. The summed E-state index contributed by atoms with van der Waals surface area (Å²) < 4.78 is 5.71. The molecule has 1 aromatic rings. The van der Waals surface area contributed by atoms with Crippen LogP contribution in [0.15, 0.2) is 30.3 Å². The molecule has 0 radical (unpaired) electrons. The van der Waals surface area contributed by atoms with Crippen LogP contribution in [-0.4, -0.2) is 55.6 Å². The first-order valence-electron chi connectivity index (χ1n) is 10.2. The summed E-state index contributed by atoms with van der Waals surface area (Å²) in [7, 11) is 0. The normalized spacial score (nSPS) is 31.1. The van der Waals surface area contributed by atoms with Gasteiger partial charge in [-0.25, -0.2) is 0 Å². The highest BCUT2D eigenvalue weighted by Crippen LogP contribution is 2.40. The molecule has 0 amide bonds. The van der Waals surface area contributed by atoms with Gasteiger partial charge < -0.3 is 31.9 Å². The van der Waals surface area contributed by atoms with Crippen LogP contribution in [0.2, 0.25) is 0 Å². The van der Waals surface area contributed by atoms with E-state index in [0.29, 0.717) is 18.4 Å². The van der Waals surface area contributed by atoms with Crippen LogP contribution < -0.4 is 22.1 Å². The van der Waals surface area contributed by atoms with E-state index < -0.39 is 0 Å². The maximum absolute atomic E-state index is 8.73. The Morgan fingerprint density at radius 3 is 2.07 bits per heavy atom. The molecule has 3 rings (SSSR count). The predicted molar refractivity (Wildman–Crippen MR) is 110 cm³/mol. The largest absolute Gasteiger partial charge is 0.396 e. The molecule has 6 heteroatoms. The first kappa shape index (κ1) is 22.3. The highest BCUT2D eigenvalue weighted by molar-refractivity contribution is 5.14. The van der Waals surface area contributed by atoms with E-state index >= 15 is 0 Å². The fourth-order valence-electron chi connectivity index (χ4n) is 3.31. The first-order valence-corrected chi connectivity index (χ1v) is 10.2. The second-order valence-corrected chi connectivity index (χ2v) is 8.01. The highest BCUT2D eigenvalue weighted by Gasteiger charge is 2.50. The standard InChI is InChI=1S/C14H22N2O.C7H16N2O/c1-2-16-11-14(15)8-13(14)10-17-9-12-6-4-3-5-7-12;1-2-9-5-7(8)3-6(7)4-10/h3-7,13,16H,2,8-11,15H2,1H3;6,9-10H,2-5,8H2,1H3/t13-,14-;6-,7-/m11/s1. The summed E-state index contributed by atoms with van der Waals surface area (Å²) in [5.74, 6) is 0.858. The molecule has 2 fully saturated rings. The molecule has 0 spiro atoms. The fourth-order valence-corrected chi connectivity index (χ4v) is 3.31. The fraction of sp³-hybridized carbons (Fsp3) is 0.714. The summed E-state index contributed by atoms with van der Waals surface area (Å²) in [4.78, 5) is 0. The van der Waals surface area contributed by atoms with E-state index in [4.69, 9.17) is 21.3 Å². The van der Waals surface area contributed by atoms with E-state index in [-0.39, 0.29) is 17.7 Å². The first-order chi connectivity index (χ1) is 13.0. The summed E-state index contributed by atoms with van der Waals surface area (Å²) in [6, 6.07) is 10.3. The third-order valence-electron chi connectivity index (χ3n) is 5.62. The van der Waals surface area contributed by atoms with Gasteiger partial charge in [-0.1, -0.05) is 44.2 Å². The molecule has 0 heterocycles. The van der Waals surface area contributed by atoms with E-state index in [0.717, 1.165) is 45.6 Å². The van der Waals surface area contributed by atoms with Crippen LogP contribution in [0.1, 0.15) is 32.3 Å². The summed E-state index contributed by atoms with van der Waals surface area (Å²) in [5.41, 5.74) is 13.2. The molecular weight excluding hydrogens is 340 g/mol. The van der Waals surface area contributed by atoms with Crippen molar-refractivity contribution >= 4 is 0 Å². The number of aliphatic hydroxyl groups excluding tert-OH is 1. The Hall–Kier alpha value is -1.02. The minimum absolute atomic E-state index is 0.0211. The number of hydrogen-bond donors (Lipinski definition) is 5. The highest BCUT2D eigenvalue weighted by atomic mass is 16.5. The van der Waals surface area contributed by atoms with Gasteiger partial charge in [0.05, 0.1) is 13.2 Å². The number of nitrogens with two attached hydrogens (primary N) is 2. The maximum Gasteiger partial charge on any atom is 0.0717 e. The predicted octanol–water partition coefficient (Wildman–Crippen LogP) is 0.836. The van der Waals surface area contributed by atoms with Crippen LogP contribution in [0.5, 0.6) is 0 Å². The minimum Gasteiger partial charge on any atom is -0.396 e. The lowest BCUT2D eigenvalue weighted by atomic mass is 10.2. The van der Waals surface area contributed by atoms with Crippen LogP contribution in [0.3, 0.4) is 0 Å². The topological polar surface area (TPSA) is 106 Å². The van der Waals surface area contributed by atoms with E-state index in [1.54, 1.807) is 0 Å². The third kappa shape index (κ3) is 7.14. The Morgan fingerprint density at radius 2 is 1.56 bits per heavy atom. The molecule has 1 aromatic carbocycles. The Bertz CT molecular complexity index is 544. The molecule has 2 aliphatic carbocycles. The zero-order valence-electron chi connectivity index (χ0n) is 16.9. The van der Waals surface area contributed by atoms with Crippen molar-refractivity contribution in [1.82, 2.24) is 10.6 Å². The summed E-state index contributed by atoms with van der Waals surface area (Å²) in [5, 5.41) is 15.2. The zero-order chi connectivity index (χ0) is 19.8. The van der Waals surface area contributed by atoms with Crippen molar-refractivity contribution < 1.29 is 9.84 Å². The van der Waals surface area contributed by atoms with Crippen molar-refractivity contribution in [3.8, 4) is 0 Å². The molecular formula is C21H38N4O2. The van der Waals surface area contributed by atoms with Gasteiger partial charge in [-0.15, -0.1) is 0 Å². The molecule has 7 N–H and O–H groups in total. The monoisotopic (exact) mass is 378 g/mol. The second kappa shape index (κ2) is 10.5. The van der Waals surface area contributed by atoms with Gasteiger partial charge in [0.15, 0.2) is 0 Å². The van der Waals surface area contributed by atoms with Crippen LogP contribution in [0.25, 0.3) is 0 Å². The van der Waals surface area contributed by atoms with E-state index in [9.17, 15) is 0 Å². The summed E-state index contributed by atoms with van der Waals surface area (Å²) in [6.45, 7) is 9.55. The lowest BCUT2D eigenvalue weighted by Crippen LogP contribution is -2.38. The van der Waals surface area contributed by atoms with Crippen molar-refractivity contribution in [2.75, 3.05) is 39.4 Å². The summed E-state index contributed by atoms with van der Waals surface area (Å²) >= 11 is 0. The van der Waals surface area contributed by atoms with Crippen molar-refractivity contribution in [2.24, 2.45) is 23.3 Å². The van der Waals surface area contributed by atoms with Crippen LogP contribution >= 0.6 is 0 Å². The molecule has 0 aliphatic heterocycles. The van der Waals surface area contributed by atoms with Gasteiger partial charge in [0.1, 0.15) is 0 Å². The lowest BCUT2D eigenvalue weighted by Gasteiger charge is -2.12. The number of rotatable bonds is 11. The number of ether oxygens (including phenoxy) is 1. The average molecular weight is 379 g/mol. The number of nitrogens with one attached hydrogen (secondary N) is 2. The average Bonchev–Trinajstić information content (AvgIpc) is 3.55. The number of benzene rings is 1. The Balaban J connectivity index is 0.000000223. The van der Waals surface area contributed by atoms with Crippen molar-refractivity contribution in [3.05, 3.63) is 35.9 Å². The molecule has 2 aliphatic rings. The van der Waals surface area contributed by atoms with Gasteiger partial charge in [-0.2, -0.15) is 0 Å². The molecule has 6 nitrogen and oxygen atoms in total. The lowest BCUT2D eigenvalue weighted by molar-refractivity contribution is 0.106. The SMILES string of the molecule is CCNC[C@]1(N)C[C@@H]1CO.CCNC[C@]1(N)C[C@@H]1COCc1ccccc1. The van der Waals surface area contributed by atoms with E-state index in [1.165, 1.54) is 5.56 Å². The Morgan fingerprint density at radius 1 is 1.00 bits per heavy atom. The molecule has 27 heavy (non-hydrogen) atoms. The summed E-state index contributed by atoms with van der Waals surface area (Å²) in [6.07, 6.45) is 2.05. The smallest absolute Gasteiger partial charge is 0.0717 e. The third-order valence-corrected chi connectivity index (χ3v) is 5.62. The Kier molecular flexibility index (Phi) is 8.66. The Labute approximate surface area is 164 Å². The molecule has 0 bridgehead atoms. The van der Waals surface area contributed by atoms with E-state index in [2.05, 4.69) is 36.6 Å². The number of hydrogen-bond acceptors (Lipinski definition) is 6.